The molecule has 1 saturated heterocycles. The summed E-state index contributed by atoms with van der Waals surface area (Å²) in [6.45, 7) is 8.38. The number of likely N-dealkylation sites (tertiary alicyclic amines) is 1. The zero-order valence-corrected chi connectivity index (χ0v) is 10.5. The van der Waals surface area contributed by atoms with Crippen molar-refractivity contribution in [2.24, 2.45) is 5.41 Å². The average Bonchev–Trinajstić information content (AvgIpc) is 2.25. The van der Waals surface area contributed by atoms with Crippen molar-refractivity contribution in [1.82, 2.24) is 4.90 Å². The van der Waals surface area contributed by atoms with Crippen molar-refractivity contribution in [2.45, 2.75) is 52.4 Å². The van der Waals surface area contributed by atoms with Gasteiger partial charge in [-0.3, -0.25) is 0 Å². The minimum absolute atomic E-state index is 0.170. The van der Waals surface area contributed by atoms with Crippen molar-refractivity contribution in [1.29, 1.82) is 0 Å². The van der Waals surface area contributed by atoms with Crippen LogP contribution in [-0.2, 0) is 0 Å². The molecule has 15 heavy (non-hydrogen) atoms. The maximum absolute atomic E-state index is 9.35. The van der Waals surface area contributed by atoms with Gasteiger partial charge in [0.15, 0.2) is 0 Å². The molecule has 1 aliphatic heterocycles. The fraction of sp³-hybridized carbons (Fsp3) is 1.00. The van der Waals surface area contributed by atoms with E-state index in [4.69, 9.17) is 0 Å². The number of nitrogens with zero attached hydrogens (tertiary/aromatic N) is 1. The second-order valence-corrected chi connectivity index (χ2v) is 5.41. The minimum atomic E-state index is 0.170. The lowest BCUT2D eigenvalue weighted by atomic mass is 9.83. The molecule has 0 saturated carbocycles. The molecule has 1 N–H and O–H groups in total. The van der Waals surface area contributed by atoms with Gasteiger partial charge in [0.05, 0.1) is 0 Å². The van der Waals surface area contributed by atoms with Gasteiger partial charge in [0.1, 0.15) is 0 Å². The molecule has 0 aromatic rings. The van der Waals surface area contributed by atoms with E-state index in [0.29, 0.717) is 6.61 Å². The van der Waals surface area contributed by atoms with Gasteiger partial charge in [0.25, 0.3) is 0 Å². The molecule has 1 aliphatic rings. The van der Waals surface area contributed by atoms with Crippen molar-refractivity contribution in [2.75, 3.05) is 26.2 Å². The van der Waals surface area contributed by atoms with E-state index in [-0.39, 0.29) is 5.41 Å². The molecule has 90 valence electrons. The van der Waals surface area contributed by atoms with Crippen molar-refractivity contribution in [3.63, 3.8) is 0 Å². The van der Waals surface area contributed by atoms with Gasteiger partial charge < -0.3 is 10.0 Å². The Bertz CT molecular complexity index is 172. The molecular formula is C13H27NO. The highest BCUT2D eigenvalue weighted by molar-refractivity contribution is 4.82. The van der Waals surface area contributed by atoms with Gasteiger partial charge in [-0.25, -0.2) is 0 Å². The third-order valence-electron chi connectivity index (χ3n) is 3.57. The Morgan fingerprint density at radius 2 is 2.07 bits per heavy atom. The Kier molecular flexibility index (Phi) is 5.62. The smallest absolute Gasteiger partial charge is 0.0497 e. The monoisotopic (exact) mass is 213 g/mol. The maximum atomic E-state index is 9.35. The Labute approximate surface area is 94.7 Å². The molecule has 1 rings (SSSR count). The van der Waals surface area contributed by atoms with Gasteiger partial charge in [-0.15, -0.1) is 0 Å². The van der Waals surface area contributed by atoms with Crippen molar-refractivity contribution < 1.29 is 5.11 Å². The fourth-order valence-electron chi connectivity index (χ4n) is 2.51. The Morgan fingerprint density at radius 1 is 1.27 bits per heavy atom. The Hall–Kier alpha value is -0.0800. The van der Waals surface area contributed by atoms with E-state index in [1.54, 1.807) is 0 Å². The highest BCUT2D eigenvalue weighted by atomic mass is 16.3. The number of hydrogen-bond acceptors (Lipinski definition) is 2. The lowest BCUT2D eigenvalue weighted by Crippen LogP contribution is -2.43. The summed E-state index contributed by atoms with van der Waals surface area (Å²) in [5.74, 6) is 0. The molecule has 1 heterocycles. The van der Waals surface area contributed by atoms with E-state index in [9.17, 15) is 5.11 Å². The Morgan fingerprint density at radius 3 is 2.73 bits per heavy atom. The Balaban J connectivity index is 2.18. The number of aliphatic hydroxyl groups excluding tert-OH is 1. The zero-order valence-electron chi connectivity index (χ0n) is 10.5. The first-order valence-corrected chi connectivity index (χ1v) is 6.53. The molecule has 2 heteroatoms. The van der Waals surface area contributed by atoms with Crippen LogP contribution in [-0.4, -0.2) is 36.2 Å². The van der Waals surface area contributed by atoms with Crippen LogP contribution in [0.25, 0.3) is 0 Å². The first kappa shape index (κ1) is 13.0. The molecule has 0 aromatic carbocycles. The van der Waals surface area contributed by atoms with E-state index in [2.05, 4.69) is 18.7 Å². The van der Waals surface area contributed by atoms with E-state index in [1.807, 2.05) is 0 Å². The second-order valence-electron chi connectivity index (χ2n) is 5.41. The van der Waals surface area contributed by atoms with Crippen molar-refractivity contribution in [3.8, 4) is 0 Å². The number of hydrogen-bond donors (Lipinski definition) is 1. The van der Waals surface area contributed by atoms with Crippen molar-refractivity contribution in [3.05, 3.63) is 0 Å². The van der Waals surface area contributed by atoms with Crippen molar-refractivity contribution >= 4 is 0 Å². The average molecular weight is 213 g/mol. The van der Waals surface area contributed by atoms with Crippen LogP contribution in [0, 0.1) is 5.41 Å². The summed E-state index contributed by atoms with van der Waals surface area (Å²) in [5, 5.41) is 9.35. The second kappa shape index (κ2) is 6.49. The van der Waals surface area contributed by atoms with Gasteiger partial charge in [-0.1, -0.05) is 33.1 Å². The van der Waals surface area contributed by atoms with Crippen LogP contribution in [0.2, 0.25) is 0 Å². The van der Waals surface area contributed by atoms with Gasteiger partial charge in [-0.2, -0.15) is 0 Å². The van der Waals surface area contributed by atoms with Gasteiger partial charge in [-0.05, 0) is 32.4 Å². The van der Waals surface area contributed by atoms with E-state index in [0.717, 1.165) is 6.54 Å². The molecule has 0 aliphatic carbocycles. The van der Waals surface area contributed by atoms with Crippen LogP contribution in [0.1, 0.15) is 52.4 Å². The molecular weight excluding hydrogens is 186 g/mol. The fourth-order valence-corrected chi connectivity index (χ4v) is 2.51. The number of aliphatic hydroxyl groups is 1. The number of piperidine rings is 1. The molecule has 0 bridgehead atoms. The molecule has 0 spiro atoms. The quantitative estimate of drug-likeness (QED) is 0.686. The number of rotatable bonds is 6. The van der Waals surface area contributed by atoms with E-state index >= 15 is 0 Å². The first-order valence-electron chi connectivity index (χ1n) is 6.53. The highest BCUT2D eigenvalue weighted by Gasteiger charge is 2.29. The molecule has 1 atom stereocenters. The van der Waals surface area contributed by atoms with Crippen LogP contribution in [0.3, 0.4) is 0 Å². The summed E-state index contributed by atoms with van der Waals surface area (Å²) in [4.78, 5) is 2.54. The molecule has 0 aromatic heterocycles. The van der Waals surface area contributed by atoms with E-state index in [1.165, 1.54) is 51.6 Å². The number of unbranched alkanes of at least 4 members (excludes halogenated alkanes) is 3. The first-order chi connectivity index (χ1) is 7.20. The lowest BCUT2D eigenvalue weighted by Gasteiger charge is -2.39. The molecule has 0 radical (unpaired) electrons. The summed E-state index contributed by atoms with van der Waals surface area (Å²) in [7, 11) is 0. The normalized spacial score (nSPS) is 28.2. The summed E-state index contributed by atoms with van der Waals surface area (Å²) in [6.07, 6.45) is 7.82. The summed E-state index contributed by atoms with van der Waals surface area (Å²) >= 11 is 0. The summed E-state index contributed by atoms with van der Waals surface area (Å²) < 4.78 is 0. The maximum Gasteiger partial charge on any atom is 0.0497 e. The predicted octanol–water partition coefficient (Wildman–Crippen LogP) is 2.66. The van der Waals surface area contributed by atoms with Crippen LogP contribution in [0.15, 0.2) is 0 Å². The molecule has 0 amide bonds. The third kappa shape index (κ3) is 4.52. The van der Waals surface area contributed by atoms with Crippen LogP contribution in [0.5, 0.6) is 0 Å². The summed E-state index contributed by atoms with van der Waals surface area (Å²) in [5.41, 5.74) is 0.170. The van der Waals surface area contributed by atoms with Gasteiger partial charge >= 0.3 is 0 Å². The summed E-state index contributed by atoms with van der Waals surface area (Å²) in [6, 6.07) is 0. The largest absolute Gasteiger partial charge is 0.396 e. The third-order valence-corrected chi connectivity index (χ3v) is 3.57. The topological polar surface area (TPSA) is 23.5 Å². The van der Waals surface area contributed by atoms with Gasteiger partial charge in [0, 0.05) is 18.6 Å². The molecule has 1 unspecified atom stereocenters. The lowest BCUT2D eigenvalue weighted by molar-refractivity contribution is 0.0459. The molecule has 1 fully saturated rings. The zero-order chi connectivity index (χ0) is 11.1. The standard InChI is InChI=1S/C13H27NO/c1-3-4-5-6-9-14-10-7-8-13(2,11-14)12-15/h15H,3-12H2,1-2H3. The SMILES string of the molecule is CCCCCCN1CCCC(C)(CO)C1. The van der Waals surface area contributed by atoms with Crippen LogP contribution < -0.4 is 0 Å². The molecule has 2 nitrogen and oxygen atoms in total. The van der Waals surface area contributed by atoms with Crippen LogP contribution in [0.4, 0.5) is 0 Å². The predicted molar refractivity (Wildman–Crippen MR) is 65.0 cm³/mol. The van der Waals surface area contributed by atoms with Crippen LogP contribution >= 0.6 is 0 Å². The highest BCUT2D eigenvalue weighted by Crippen LogP contribution is 2.28. The van der Waals surface area contributed by atoms with E-state index < -0.39 is 0 Å². The van der Waals surface area contributed by atoms with Gasteiger partial charge in [0.2, 0.25) is 0 Å². The minimum Gasteiger partial charge on any atom is -0.396 e.